The quantitative estimate of drug-likeness (QED) is 0.0208. The number of ether oxygens (including phenoxy) is 2. The molecule has 296 valence electrons. The van der Waals surface area contributed by atoms with Crippen LogP contribution in [-0.2, 0) is 32.7 Å². The summed E-state index contributed by atoms with van der Waals surface area (Å²) in [7, 11) is -4.40. The standard InChI is InChI=1S/C38H74NO10P/c1-3-5-7-9-11-12-13-14-15-16-20-25-29-38(43)49-34(33-48-50(44,45)47-31-30-39)32-46-37(42)28-24-21-17-19-23-27-36(41)35(40)26-22-18-10-8-6-4-2/h18,22,34-36,40-41H,3-17,19-21,23-33,39H2,1-2H3,(H,44,45)/b22-18-/t34-,35-,36-/m1/s1. The molecule has 0 aromatic heterocycles. The van der Waals surface area contributed by atoms with Crippen molar-refractivity contribution in [2.75, 3.05) is 26.4 Å². The fourth-order valence-electron chi connectivity index (χ4n) is 5.48. The SMILES string of the molecule is CCCCC/C=C\C[C@@H](O)[C@H](O)CCCCCCCC(=O)OC[C@H](COP(=O)(O)OCCN)OC(=O)CCCCCCCCCCCCCC. The Labute approximate surface area is 304 Å². The smallest absolute Gasteiger partial charge is 0.462 e. The molecule has 0 aromatic carbocycles. The van der Waals surface area contributed by atoms with E-state index in [1.165, 1.54) is 64.2 Å². The minimum atomic E-state index is -4.40. The molecule has 5 N–H and O–H groups in total. The number of phosphoric acid groups is 1. The van der Waals surface area contributed by atoms with Gasteiger partial charge in [-0.25, -0.2) is 4.57 Å². The number of allylic oxidation sites excluding steroid dienone is 1. The monoisotopic (exact) mass is 736 g/mol. The average molecular weight is 736 g/mol. The van der Waals surface area contributed by atoms with Gasteiger partial charge in [0.15, 0.2) is 6.10 Å². The second-order valence-corrected chi connectivity index (χ2v) is 14.9. The Bertz CT molecular complexity index is 875. The van der Waals surface area contributed by atoms with Gasteiger partial charge in [-0.3, -0.25) is 18.6 Å². The Morgan fingerprint density at radius 3 is 1.76 bits per heavy atom. The van der Waals surface area contributed by atoms with Gasteiger partial charge >= 0.3 is 19.8 Å². The highest BCUT2D eigenvalue weighted by Crippen LogP contribution is 2.43. The first-order valence-corrected chi connectivity index (χ1v) is 21.3. The van der Waals surface area contributed by atoms with E-state index in [9.17, 15) is 29.3 Å². The Balaban J connectivity index is 4.31. The summed E-state index contributed by atoms with van der Waals surface area (Å²) >= 11 is 0. The third-order valence-corrected chi connectivity index (χ3v) is 9.59. The van der Waals surface area contributed by atoms with Gasteiger partial charge in [-0.15, -0.1) is 0 Å². The van der Waals surface area contributed by atoms with Crippen molar-refractivity contribution in [2.24, 2.45) is 5.73 Å². The summed E-state index contributed by atoms with van der Waals surface area (Å²) < 4.78 is 32.6. The highest BCUT2D eigenvalue weighted by molar-refractivity contribution is 7.47. The molecule has 4 atom stereocenters. The van der Waals surface area contributed by atoms with E-state index in [2.05, 4.69) is 19.9 Å². The Kier molecular flexibility index (Phi) is 33.8. The summed E-state index contributed by atoms with van der Waals surface area (Å²) in [4.78, 5) is 34.7. The lowest BCUT2D eigenvalue weighted by Gasteiger charge is -2.20. The average Bonchev–Trinajstić information content (AvgIpc) is 3.09. The summed E-state index contributed by atoms with van der Waals surface area (Å²) in [6, 6.07) is 0. The predicted molar refractivity (Wildman–Crippen MR) is 200 cm³/mol. The summed E-state index contributed by atoms with van der Waals surface area (Å²) in [5.41, 5.74) is 5.32. The lowest BCUT2D eigenvalue weighted by atomic mass is 10.0. The van der Waals surface area contributed by atoms with E-state index >= 15 is 0 Å². The minimum Gasteiger partial charge on any atom is -0.462 e. The molecule has 0 saturated carbocycles. The fourth-order valence-corrected chi connectivity index (χ4v) is 6.25. The zero-order valence-corrected chi connectivity index (χ0v) is 32.5. The molecule has 11 nitrogen and oxygen atoms in total. The van der Waals surface area contributed by atoms with E-state index in [-0.39, 0.29) is 32.6 Å². The highest BCUT2D eigenvalue weighted by atomic mass is 31.2. The van der Waals surface area contributed by atoms with Crippen LogP contribution in [0.3, 0.4) is 0 Å². The number of carbonyl (C=O) groups is 2. The molecule has 0 spiro atoms. The number of hydrogen-bond acceptors (Lipinski definition) is 10. The van der Waals surface area contributed by atoms with Gasteiger partial charge in [0.1, 0.15) is 6.61 Å². The predicted octanol–water partition coefficient (Wildman–Crippen LogP) is 8.60. The Morgan fingerprint density at radius 1 is 0.660 bits per heavy atom. The number of nitrogens with two attached hydrogens (primary N) is 1. The second-order valence-electron chi connectivity index (χ2n) is 13.5. The molecule has 0 aliphatic rings. The molecule has 0 saturated heterocycles. The second kappa shape index (κ2) is 34.7. The van der Waals surface area contributed by atoms with Crippen LogP contribution in [0.2, 0.25) is 0 Å². The fraction of sp³-hybridized carbons (Fsp3) is 0.895. The van der Waals surface area contributed by atoms with Gasteiger partial charge in [-0.2, -0.15) is 0 Å². The van der Waals surface area contributed by atoms with Crippen LogP contribution < -0.4 is 5.73 Å². The van der Waals surface area contributed by atoms with Crippen LogP contribution in [0.4, 0.5) is 0 Å². The number of hydrogen-bond donors (Lipinski definition) is 4. The first-order valence-electron chi connectivity index (χ1n) is 19.8. The summed E-state index contributed by atoms with van der Waals surface area (Å²) in [6.07, 6.45) is 25.5. The molecule has 0 bridgehead atoms. The molecular weight excluding hydrogens is 661 g/mol. The maximum atomic E-state index is 12.5. The van der Waals surface area contributed by atoms with Crippen LogP contribution in [0.5, 0.6) is 0 Å². The summed E-state index contributed by atoms with van der Waals surface area (Å²) in [6.45, 7) is 3.49. The normalized spacial score (nSPS) is 14.8. The van der Waals surface area contributed by atoms with Crippen molar-refractivity contribution in [1.82, 2.24) is 0 Å². The molecule has 0 fully saturated rings. The molecule has 0 aromatic rings. The van der Waals surface area contributed by atoms with Crippen molar-refractivity contribution in [3.8, 4) is 0 Å². The van der Waals surface area contributed by atoms with Crippen LogP contribution in [0.25, 0.3) is 0 Å². The van der Waals surface area contributed by atoms with Crippen molar-refractivity contribution < 1.29 is 47.8 Å². The number of unbranched alkanes of at least 4 members (excludes halogenated alkanes) is 18. The summed E-state index contributed by atoms with van der Waals surface area (Å²) in [5, 5.41) is 20.4. The Hall–Kier alpha value is -1.33. The lowest BCUT2D eigenvalue weighted by Crippen LogP contribution is -2.29. The van der Waals surface area contributed by atoms with Gasteiger partial charge in [-0.05, 0) is 38.5 Å². The van der Waals surface area contributed by atoms with Crippen LogP contribution >= 0.6 is 7.82 Å². The molecule has 0 amide bonds. The van der Waals surface area contributed by atoms with E-state index in [1.807, 2.05) is 6.08 Å². The summed E-state index contributed by atoms with van der Waals surface area (Å²) in [5.74, 6) is -0.936. The number of carbonyl (C=O) groups excluding carboxylic acids is 2. The van der Waals surface area contributed by atoms with Gasteiger partial charge in [0, 0.05) is 19.4 Å². The minimum absolute atomic E-state index is 0.0329. The van der Waals surface area contributed by atoms with Gasteiger partial charge in [0.2, 0.25) is 0 Å². The molecule has 50 heavy (non-hydrogen) atoms. The lowest BCUT2D eigenvalue weighted by molar-refractivity contribution is -0.161. The first kappa shape index (κ1) is 48.7. The maximum absolute atomic E-state index is 12.5. The number of rotatable bonds is 37. The highest BCUT2D eigenvalue weighted by Gasteiger charge is 2.26. The van der Waals surface area contributed by atoms with Gasteiger partial charge < -0.3 is 30.3 Å². The molecule has 12 heteroatoms. The van der Waals surface area contributed by atoms with E-state index in [0.717, 1.165) is 57.8 Å². The molecule has 0 heterocycles. The topological polar surface area (TPSA) is 175 Å². The molecule has 1 unspecified atom stereocenters. The van der Waals surface area contributed by atoms with E-state index in [1.54, 1.807) is 0 Å². The number of phosphoric ester groups is 1. The maximum Gasteiger partial charge on any atom is 0.472 e. The number of esters is 2. The van der Waals surface area contributed by atoms with E-state index < -0.39 is 44.7 Å². The van der Waals surface area contributed by atoms with E-state index in [4.69, 9.17) is 24.3 Å². The number of aliphatic hydroxyl groups excluding tert-OH is 2. The van der Waals surface area contributed by atoms with Gasteiger partial charge in [-0.1, -0.05) is 135 Å². The van der Waals surface area contributed by atoms with Gasteiger partial charge in [0.05, 0.1) is 25.4 Å². The van der Waals surface area contributed by atoms with Crippen LogP contribution in [0, 0.1) is 0 Å². The van der Waals surface area contributed by atoms with Crippen molar-refractivity contribution in [2.45, 2.75) is 193 Å². The molecule has 0 aliphatic carbocycles. The van der Waals surface area contributed by atoms with Crippen LogP contribution in [0.1, 0.15) is 174 Å². The third kappa shape index (κ3) is 32.6. The first-order chi connectivity index (χ1) is 24.1. The van der Waals surface area contributed by atoms with Crippen molar-refractivity contribution in [1.29, 1.82) is 0 Å². The van der Waals surface area contributed by atoms with Crippen molar-refractivity contribution in [3.63, 3.8) is 0 Å². The van der Waals surface area contributed by atoms with Crippen molar-refractivity contribution in [3.05, 3.63) is 12.2 Å². The zero-order valence-electron chi connectivity index (χ0n) is 31.6. The molecule has 0 aliphatic heterocycles. The molecular formula is C38H74NO10P. The van der Waals surface area contributed by atoms with Crippen molar-refractivity contribution >= 4 is 19.8 Å². The molecule has 0 rings (SSSR count). The zero-order chi connectivity index (χ0) is 37.1. The largest absolute Gasteiger partial charge is 0.472 e. The molecule has 0 radical (unpaired) electrons. The van der Waals surface area contributed by atoms with E-state index in [0.29, 0.717) is 25.7 Å². The third-order valence-electron chi connectivity index (χ3n) is 8.60. The van der Waals surface area contributed by atoms with Gasteiger partial charge in [0.25, 0.3) is 0 Å². The number of aliphatic hydroxyl groups is 2. The van der Waals surface area contributed by atoms with Crippen LogP contribution in [0.15, 0.2) is 12.2 Å². The van der Waals surface area contributed by atoms with Crippen LogP contribution in [-0.4, -0.2) is 71.7 Å². The Morgan fingerprint density at radius 2 is 1.18 bits per heavy atom.